The van der Waals surface area contributed by atoms with Gasteiger partial charge in [0.2, 0.25) is 5.91 Å². The Kier molecular flexibility index (Phi) is 8.14. The molecule has 0 spiro atoms. The minimum atomic E-state index is 0. The van der Waals surface area contributed by atoms with Crippen LogP contribution < -0.4 is 11.1 Å². The van der Waals surface area contributed by atoms with Crippen LogP contribution >= 0.6 is 23.7 Å². The first-order chi connectivity index (χ1) is 9.28. The topological polar surface area (TPSA) is 58.4 Å². The van der Waals surface area contributed by atoms with Gasteiger partial charge in [-0.1, -0.05) is 6.07 Å². The predicted molar refractivity (Wildman–Crippen MR) is 86.2 cm³/mol. The number of nitrogens with zero attached hydrogens (tertiary/aromatic N) is 1. The fourth-order valence-corrected chi connectivity index (χ4v) is 3.27. The van der Waals surface area contributed by atoms with Crippen LogP contribution in [-0.4, -0.2) is 37.0 Å². The average Bonchev–Trinajstić information content (AvgIpc) is 2.90. The first-order valence-electron chi connectivity index (χ1n) is 6.99. The fraction of sp³-hybridized carbons (Fsp3) is 0.643. The molecule has 0 aromatic carbocycles. The molecule has 0 bridgehead atoms. The van der Waals surface area contributed by atoms with Gasteiger partial charge in [-0.15, -0.1) is 23.7 Å². The summed E-state index contributed by atoms with van der Waals surface area (Å²) in [7, 11) is 0. The number of thiophene rings is 1. The second-order valence-corrected chi connectivity index (χ2v) is 6.21. The van der Waals surface area contributed by atoms with E-state index in [0.29, 0.717) is 19.0 Å². The molecule has 1 amide bonds. The molecule has 0 saturated carbocycles. The first-order valence-corrected chi connectivity index (χ1v) is 7.87. The third kappa shape index (κ3) is 5.79. The molecular weight excluding hydrogens is 294 g/mol. The van der Waals surface area contributed by atoms with E-state index < -0.39 is 0 Å². The van der Waals surface area contributed by atoms with Crippen molar-refractivity contribution in [2.24, 2.45) is 11.7 Å². The summed E-state index contributed by atoms with van der Waals surface area (Å²) < 4.78 is 0. The zero-order chi connectivity index (χ0) is 13.5. The summed E-state index contributed by atoms with van der Waals surface area (Å²) >= 11 is 1.68. The van der Waals surface area contributed by atoms with Crippen molar-refractivity contribution in [3.63, 3.8) is 0 Å². The van der Waals surface area contributed by atoms with Crippen LogP contribution in [0.5, 0.6) is 0 Å². The Balaban J connectivity index is 0.00000200. The predicted octanol–water partition coefficient (Wildman–Crippen LogP) is 1.85. The Morgan fingerprint density at radius 3 is 3.10 bits per heavy atom. The Morgan fingerprint density at radius 2 is 2.40 bits per heavy atom. The number of carbonyl (C=O) groups is 1. The maximum Gasteiger partial charge on any atom is 0.234 e. The fourth-order valence-electron chi connectivity index (χ4n) is 2.62. The van der Waals surface area contributed by atoms with Gasteiger partial charge in [-0.2, -0.15) is 0 Å². The molecule has 0 aliphatic carbocycles. The molecule has 1 saturated heterocycles. The van der Waals surface area contributed by atoms with E-state index in [-0.39, 0.29) is 18.3 Å². The van der Waals surface area contributed by atoms with E-state index in [1.807, 2.05) is 17.5 Å². The summed E-state index contributed by atoms with van der Waals surface area (Å²) in [5, 5.41) is 5.02. The van der Waals surface area contributed by atoms with Crippen LogP contribution in [0, 0.1) is 5.92 Å². The summed E-state index contributed by atoms with van der Waals surface area (Å²) in [6, 6.07) is 4.05. The lowest BCUT2D eigenvalue weighted by atomic mass is 9.95. The number of piperidine rings is 1. The number of nitrogens with one attached hydrogen (secondary N) is 1. The SMILES string of the molecule is Cl.NCCC1CCCN(CC(=O)NCc2cccs2)C1. The maximum atomic E-state index is 11.9. The summed E-state index contributed by atoms with van der Waals surface area (Å²) in [6.07, 6.45) is 3.51. The highest BCUT2D eigenvalue weighted by Gasteiger charge is 2.20. The van der Waals surface area contributed by atoms with Crippen molar-refractivity contribution in [1.82, 2.24) is 10.2 Å². The van der Waals surface area contributed by atoms with Crippen molar-refractivity contribution < 1.29 is 4.79 Å². The highest BCUT2D eigenvalue weighted by molar-refractivity contribution is 7.09. The third-order valence-corrected chi connectivity index (χ3v) is 4.46. The monoisotopic (exact) mass is 317 g/mol. The van der Waals surface area contributed by atoms with Gasteiger partial charge >= 0.3 is 0 Å². The van der Waals surface area contributed by atoms with Crippen LogP contribution in [0.3, 0.4) is 0 Å². The Labute approximate surface area is 131 Å². The standard InChI is InChI=1S/C14H23N3OS.ClH/c15-6-5-12-3-1-7-17(10-12)11-14(18)16-9-13-4-2-8-19-13;/h2,4,8,12H,1,3,5-7,9-11,15H2,(H,16,18);1H. The lowest BCUT2D eigenvalue weighted by molar-refractivity contribution is -0.122. The van der Waals surface area contributed by atoms with Gasteiger partial charge in [-0.3, -0.25) is 9.69 Å². The van der Waals surface area contributed by atoms with E-state index in [2.05, 4.69) is 10.2 Å². The molecule has 1 aromatic rings. The molecule has 1 unspecified atom stereocenters. The first kappa shape index (κ1) is 17.4. The van der Waals surface area contributed by atoms with Crippen molar-refractivity contribution in [1.29, 1.82) is 0 Å². The van der Waals surface area contributed by atoms with E-state index in [1.54, 1.807) is 11.3 Å². The smallest absolute Gasteiger partial charge is 0.234 e. The third-order valence-electron chi connectivity index (χ3n) is 3.59. The number of halogens is 1. The lowest BCUT2D eigenvalue weighted by Crippen LogP contribution is -2.42. The average molecular weight is 318 g/mol. The zero-order valence-electron chi connectivity index (χ0n) is 11.7. The number of rotatable bonds is 6. The van der Waals surface area contributed by atoms with Gasteiger partial charge in [0.25, 0.3) is 0 Å². The van der Waals surface area contributed by atoms with Crippen LogP contribution in [0.1, 0.15) is 24.1 Å². The minimum absolute atomic E-state index is 0. The van der Waals surface area contributed by atoms with E-state index >= 15 is 0 Å². The molecule has 114 valence electrons. The highest BCUT2D eigenvalue weighted by Crippen LogP contribution is 2.18. The molecule has 1 aromatic heterocycles. The van der Waals surface area contributed by atoms with Crippen LogP contribution in [0.15, 0.2) is 17.5 Å². The van der Waals surface area contributed by atoms with Gasteiger partial charge < -0.3 is 11.1 Å². The second-order valence-electron chi connectivity index (χ2n) is 5.18. The molecule has 1 aliphatic heterocycles. The van der Waals surface area contributed by atoms with Crippen molar-refractivity contribution >= 4 is 29.7 Å². The summed E-state index contributed by atoms with van der Waals surface area (Å²) in [4.78, 5) is 15.4. The molecule has 2 heterocycles. The van der Waals surface area contributed by atoms with Gasteiger partial charge in [0.1, 0.15) is 0 Å². The number of amides is 1. The van der Waals surface area contributed by atoms with Crippen LogP contribution in [0.4, 0.5) is 0 Å². The second kappa shape index (κ2) is 9.34. The molecule has 6 heteroatoms. The number of nitrogens with two attached hydrogens (primary N) is 1. The Bertz CT molecular complexity index is 384. The van der Waals surface area contributed by atoms with Gasteiger partial charge in [0, 0.05) is 11.4 Å². The maximum absolute atomic E-state index is 11.9. The molecule has 1 fully saturated rings. The van der Waals surface area contributed by atoms with E-state index in [1.165, 1.54) is 17.7 Å². The lowest BCUT2D eigenvalue weighted by Gasteiger charge is -2.32. The van der Waals surface area contributed by atoms with Crippen LogP contribution in [0.25, 0.3) is 0 Å². The Morgan fingerprint density at radius 1 is 1.55 bits per heavy atom. The molecular formula is C14H24ClN3OS. The Hall–Kier alpha value is -0.620. The van der Waals surface area contributed by atoms with Crippen molar-refractivity contribution in [2.75, 3.05) is 26.2 Å². The number of likely N-dealkylation sites (tertiary alicyclic amines) is 1. The van der Waals surface area contributed by atoms with Gasteiger partial charge in [0.15, 0.2) is 0 Å². The van der Waals surface area contributed by atoms with Crippen LogP contribution in [0.2, 0.25) is 0 Å². The van der Waals surface area contributed by atoms with E-state index in [0.717, 1.165) is 26.1 Å². The normalized spacial score (nSPS) is 19.4. The van der Waals surface area contributed by atoms with Crippen LogP contribution in [-0.2, 0) is 11.3 Å². The number of carbonyl (C=O) groups excluding carboxylic acids is 1. The molecule has 3 N–H and O–H groups in total. The van der Waals surface area contributed by atoms with E-state index in [9.17, 15) is 4.79 Å². The number of hydrogen-bond acceptors (Lipinski definition) is 4. The summed E-state index contributed by atoms with van der Waals surface area (Å²) in [5.41, 5.74) is 5.61. The molecule has 0 radical (unpaired) electrons. The summed E-state index contributed by atoms with van der Waals surface area (Å²) in [5.74, 6) is 0.797. The van der Waals surface area contributed by atoms with Gasteiger partial charge in [-0.05, 0) is 49.7 Å². The zero-order valence-corrected chi connectivity index (χ0v) is 13.3. The van der Waals surface area contributed by atoms with Gasteiger partial charge in [0.05, 0.1) is 13.1 Å². The molecule has 2 rings (SSSR count). The van der Waals surface area contributed by atoms with Crippen molar-refractivity contribution in [3.8, 4) is 0 Å². The highest BCUT2D eigenvalue weighted by atomic mass is 35.5. The molecule has 20 heavy (non-hydrogen) atoms. The minimum Gasteiger partial charge on any atom is -0.350 e. The molecule has 1 aliphatic rings. The molecule has 4 nitrogen and oxygen atoms in total. The summed E-state index contributed by atoms with van der Waals surface area (Å²) in [6.45, 7) is 3.98. The largest absolute Gasteiger partial charge is 0.350 e. The van der Waals surface area contributed by atoms with Crippen molar-refractivity contribution in [3.05, 3.63) is 22.4 Å². The van der Waals surface area contributed by atoms with Gasteiger partial charge in [-0.25, -0.2) is 0 Å². The molecule has 1 atom stereocenters. The van der Waals surface area contributed by atoms with E-state index in [4.69, 9.17) is 5.73 Å². The number of hydrogen-bond donors (Lipinski definition) is 2. The van der Waals surface area contributed by atoms with Crippen molar-refractivity contribution in [2.45, 2.75) is 25.8 Å². The quantitative estimate of drug-likeness (QED) is 0.842.